The molecule has 23 heavy (non-hydrogen) atoms. The van der Waals surface area contributed by atoms with Gasteiger partial charge >= 0.3 is 0 Å². The number of aromatic amines is 1. The highest BCUT2D eigenvalue weighted by atomic mass is 16.5. The van der Waals surface area contributed by atoms with E-state index in [-0.39, 0.29) is 5.91 Å². The van der Waals surface area contributed by atoms with Crippen LogP contribution >= 0.6 is 0 Å². The molecule has 120 valence electrons. The standard InChI is InChI=1S/C17H20N4O2/c1-2-9-23-14-7-3-12(4-8-14)11-18-21-17(22)16-10-15(19-20-16)13-5-6-13/h3-4,7-8,10-11,13H,2,5-6,9H2,1H3,(H,19,20)(H,21,22). The molecule has 0 aliphatic heterocycles. The van der Waals surface area contributed by atoms with Crippen LogP contribution in [0, 0.1) is 0 Å². The third-order valence-electron chi connectivity index (χ3n) is 3.58. The van der Waals surface area contributed by atoms with Crippen molar-refractivity contribution >= 4 is 12.1 Å². The molecule has 0 saturated heterocycles. The molecule has 1 heterocycles. The summed E-state index contributed by atoms with van der Waals surface area (Å²) in [6.07, 6.45) is 4.90. The molecule has 2 aromatic rings. The number of carbonyl (C=O) groups is 1. The minimum absolute atomic E-state index is 0.313. The van der Waals surface area contributed by atoms with Crippen LogP contribution in [0.5, 0.6) is 5.75 Å². The number of carbonyl (C=O) groups excluding carboxylic acids is 1. The molecule has 1 fully saturated rings. The SMILES string of the molecule is CCCOc1ccc(C=NNC(=O)c2cc(C3CC3)[nH]n2)cc1. The highest BCUT2D eigenvalue weighted by Gasteiger charge is 2.26. The Hall–Kier alpha value is -2.63. The number of rotatable bonds is 7. The van der Waals surface area contributed by atoms with Gasteiger partial charge < -0.3 is 4.74 Å². The first-order valence-corrected chi connectivity index (χ1v) is 7.88. The fourth-order valence-electron chi connectivity index (χ4n) is 2.15. The third-order valence-corrected chi connectivity index (χ3v) is 3.58. The monoisotopic (exact) mass is 312 g/mol. The zero-order valence-corrected chi connectivity index (χ0v) is 13.1. The zero-order valence-electron chi connectivity index (χ0n) is 13.1. The number of hydrogen-bond acceptors (Lipinski definition) is 4. The maximum Gasteiger partial charge on any atom is 0.291 e. The van der Waals surface area contributed by atoms with E-state index in [0.29, 0.717) is 18.2 Å². The summed E-state index contributed by atoms with van der Waals surface area (Å²) in [5.41, 5.74) is 4.77. The van der Waals surface area contributed by atoms with Crippen molar-refractivity contribution in [2.24, 2.45) is 5.10 Å². The second-order valence-electron chi connectivity index (χ2n) is 5.60. The molecule has 0 spiro atoms. The lowest BCUT2D eigenvalue weighted by Gasteiger charge is -2.03. The van der Waals surface area contributed by atoms with Crippen LogP contribution in [0.3, 0.4) is 0 Å². The Morgan fingerprint density at radius 2 is 2.22 bits per heavy atom. The van der Waals surface area contributed by atoms with Crippen LogP contribution in [0.25, 0.3) is 0 Å². The topological polar surface area (TPSA) is 79.4 Å². The van der Waals surface area contributed by atoms with Gasteiger partial charge in [-0.2, -0.15) is 10.2 Å². The Kier molecular flexibility index (Phi) is 4.71. The summed E-state index contributed by atoms with van der Waals surface area (Å²) >= 11 is 0. The van der Waals surface area contributed by atoms with Crippen LogP contribution < -0.4 is 10.2 Å². The van der Waals surface area contributed by atoms with E-state index in [1.807, 2.05) is 24.3 Å². The zero-order chi connectivity index (χ0) is 16.1. The first-order chi connectivity index (χ1) is 11.3. The maximum atomic E-state index is 11.9. The average molecular weight is 312 g/mol. The van der Waals surface area contributed by atoms with Crippen molar-refractivity contribution in [1.82, 2.24) is 15.6 Å². The Bertz CT molecular complexity index is 687. The Morgan fingerprint density at radius 3 is 2.91 bits per heavy atom. The molecule has 0 unspecified atom stereocenters. The van der Waals surface area contributed by atoms with Gasteiger partial charge in [0, 0.05) is 11.6 Å². The van der Waals surface area contributed by atoms with Crippen LogP contribution in [0.1, 0.15) is 53.8 Å². The quantitative estimate of drug-likeness (QED) is 0.609. The van der Waals surface area contributed by atoms with Gasteiger partial charge in [-0.05, 0) is 55.2 Å². The first kappa shape index (κ1) is 15.3. The number of hydrazone groups is 1. The number of nitrogens with zero attached hydrogens (tertiary/aromatic N) is 2. The van der Waals surface area contributed by atoms with Crippen molar-refractivity contribution in [3.8, 4) is 5.75 Å². The average Bonchev–Trinajstić information content (AvgIpc) is 3.31. The van der Waals surface area contributed by atoms with Crippen molar-refractivity contribution < 1.29 is 9.53 Å². The molecular weight excluding hydrogens is 292 g/mol. The van der Waals surface area contributed by atoms with Crippen LogP contribution in [0.2, 0.25) is 0 Å². The van der Waals surface area contributed by atoms with Crippen molar-refractivity contribution in [2.75, 3.05) is 6.61 Å². The molecule has 6 nitrogen and oxygen atoms in total. The predicted octanol–water partition coefficient (Wildman–Crippen LogP) is 2.84. The van der Waals surface area contributed by atoms with E-state index in [0.717, 1.165) is 23.4 Å². The highest BCUT2D eigenvalue weighted by Crippen LogP contribution is 2.38. The number of amides is 1. The number of ether oxygens (including phenoxy) is 1. The highest BCUT2D eigenvalue weighted by molar-refractivity contribution is 5.93. The van der Waals surface area contributed by atoms with Crippen molar-refractivity contribution in [1.29, 1.82) is 0 Å². The lowest BCUT2D eigenvalue weighted by atomic mass is 10.2. The molecule has 1 saturated carbocycles. The van der Waals surface area contributed by atoms with Gasteiger partial charge in [-0.25, -0.2) is 5.43 Å². The Morgan fingerprint density at radius 1 is 1.43 bits per heavy atom. The smallest absolute Gasteiger partial charge is 0.291 e. The maximum absolute atomic E-state index is 11.9. The van der Waals surface area contributed by atoms with Gasteiger partial charge in [0.05, 0.1) is 12.8 Å². The molecule has 0 atom stereocenters. The van der Waals surface area contributed by atoms with E-state index in [9.17, 15) is 4.79 Å². The van der Waals surface area contributed by atoms with Gasteiger partial charge in [0.1, 0.15) is 5.75 Å². The van der Waals surface area contributed by atoms with Crippen molar-refractivity contribution in [2.45, 2.75) is 32.1 Å². The van der Waals surface area contributed by atoms with Gasteiger partial charge in [-0.3, -0.25) is 9.89 Å². The summed E-state index contributed by atoms with van der Waals surface area (Å²) in [4.78, 5) is 11.9. The fourth-order valence-corrected chi connectivity index (χ4v) is 2.15. The normalized spacial score (nSPS) is 14.1. The van der Waals surface area contributed by atoms with E-state index in [1.165, 1.54) is 12.8 Å². The lowest BCUT2D eigenvalue weighted by molar-refractivity contribution is 0.0950. The minimum atomic E-state index is -0.313. The summed E-state index contributed by atoms with van der Waals surface area (Å²) in [6.45, 7) is 2.77. The van der Waals surface area contributed by atoms with Gasteiger partial charge in [0.2, 0.25) is 0 Å². The summed E-state index contributed by atoms with van der Waals surface area (Å²) in [6, 6.07) is 9.34. The molecule has 2 N–H and O–H groups in total. The molecular formula is C17H20N4O2. The summed E-state index contributed by atoms with van der Waals surface area (Å²) in [5.74, 6) is 1.06. The van der Waals surface area contributed by atoms with Crippen LogP contribution in [-0.4, -0.2) is 28.9 Å². The largest absolute Gasteiger partial charge is 0.494 e. The first-order valence-electron chi connectivity index (χ1n) is 7.88. The lowest BCUT2D eigenvalue weighted by Crippen LogP contribution is -2.18. The molecule has 1 aromatic heterocycles. The number of hydrogen-bond donors (Lipinski definition) is 2. The number of nitrogens with one attached hydrogen (secondary N) is 2. The fraction of sp³-hybridized carbons (Fsp3) is 0.353. The van der Waals surface area contributed by atoms with Gasteiger partial charge in [-0.15, -0.1) is 0 Å². The third kappa shape index (κ3) is 4.18. The molecule has 6 heteroatoms. The van der Waals surface area contributed by atoms with Gasteiger partial charge in [0.25, 0.3) is 5.91 Å². The van der Waals surface area contributed by atoms with Crippen LogP contribution in [-0.2, 0) is 0 Å². The Labute approximate surface area is 134 Å². The summed E-state index contributed by atoms with van der Waals surface area (Å²) < 4.78 is 5.51. The number of H-pyrrole nitrogens is 1. The Balaban J connectivity index is 1.52. The molecule has 0 radical (unpaired) electrons. The van der Waals surface area contributed by atoms with Crippen molar-refractivity contribution in [3.05, 3.63) is 47.3 Å². The molecule has 0 bridgehead atoms. The molecule has 3 rings (SSSR count). The molecule has 1 aromatic carbocycles. The minimum Gasteiger partial charge on any atom is -0.494 e. The van der Waals surface area contributed by atoms with Gasteiger partial charge in [-0.1, -0.05) is 6.92 Å². The molecule has 1 aliphatic carbocycles. The van der Waals surface area contributed by atoms with E-state index in [2.05, 4.69) is 27.6 Å². The molecule has 1 amide bonds. The van der Waals surface area contributed by atoms with E-state index in [1.54, 1.807) is 12.3 Å². The predicted molar refractivity (Wildman–Crippen MR) is 87.9 cm³/mol. The second kappa shape index (κ2) is 7.09. The van der Waals surface area contributed by atoms with E-state index in [4.69, 9.17) is 4.74 Å². The van der Waals surface area contributed by atoms with E-state index < -0.39 is 0 Å². The number of aromatic nitrogens is 2. The second-order valence-corrected chi connectivity index (χ2v) is 5.60. The molecule has 1 aliphatic rings. The van der Waals surface area contributed by atoms with Crippen LogP contribution in [0.4, 0.5) is 0 Å². The van der Waals surface area contributed by atoms with Crippen molar-refractivity contribution in [3.63, 3.8) is 0 Å². The summed E-state index contributed by atoms with van der Waals surface area (Å²) in [5, 5.41) is 10.9. The summed E-state index contributed by atoms with van der Waals surface area (Å²) in [7, 11) is 0. The number of benzene rings is 1. The van der Waals surface area contributed by atoms with Gasteiger partial charge in [0.15, 0.2) is 5.69 Å². The van der Waals surface area contributed by atoms with E-state index >= 15 is 0 Å². The van der Waals surface area contributed by atoms with Crippen LogP contribution in [0.15, 0.2) is 35.4 Å².